The van der Waals surface area contributed by atoms with E-state index in [0.717, 1.165) is 17.0 Å². The van der Waals surface area contributed by atoms with Crippen molar-refractivity contribution in [3.8, 4) is 17.2 Å². The highest BCUT2D eigenvalue weighted by atomic mass is 19.1. The molecule has 3 aromatic rings. The molecule has 2 N–H and O–H groups in total. The molecule has 3 rings (SSSR count). The highest BCUT2D eigenvalue weighted by Gasteiger charge is 2.12. The lowest BCUT2D eigenvalue weighted by molar-refractivity contribution is 0.161. The summed E-state index contributed by atoms with van der Waals surface area (Å²) in [6.07, 6.45) is 0.588. The number of ether oxygens (including phenoxy) is 1. The maximum absolute atomic E-state index is 13.3. The number of hydrogen-bond acceptors (Lipinski definition) is 5. The molecular formula is C19H19FN2O3. The fourth-order valence-corrected chi connectivity index (χ4v) is 2.47. The van der Waals surface area contributed by atoms with E-state index in [1.54, 1.807) is 12.1 Å². The molecular weight excluding hydrogens is 323 g/mol. The zero-order valence-electron chi connectivity index (χ0n) is 13.8. The number of halogens is 1. The van der Waals surface area contributed by atoms with Crippen molar-refractivity contribution in [1.29, 1.82) is 0 Å². The van der Waals surface area contributed by atoms with Crippen molar-refractivity contribution in [2.75, 3.05) is 6.61 Å². The van der Waals surface area contributed by atoms with Crippen molar-refractivity contribution in [3.63, 3.8) is 0 Å². The molecule has 0 aliphatic carbocycles. The highest BCUT2D eigenvalue weighted by molar-refractivity contribution is 5.53. The first-order valence-corrected chi connectivity index (χ1v) is 7.96. The van der Waals surface area contributed by atoms with E-state index in [1.807, 2.05) is 31.2 Å². The SMILES string of the molecule is Cc1oc(-c2cccc(F)c2)nc1CCOc1ccc(CNO)cc1. The predicted octanol–water partition coefficient (Wildman–Crippen LogP) is 3.89. The predicted molar refractivity (Wildman–Crippen MR) is 90.9 cm³/mol. The van der Waals surface area contributed by atoms with E-state index in [9.17, 15) is 4.39 Å². The number of rotatable bonds is 7. The van der Waals surface area contributed by atoms with Crippen LogP contribution in [0.3, 0.4) is 0 Å². The second-order valence-electron chi connectivity index (χ2n) is 5.61. The van der Waals surface area contributed by atoms with Crippen molar-refractivity contribution in [2.24, 2.45) is 0 Å². The van der Waals surface area contributed by atoms with E-state index in [2.05, 4.69) is 10.5 Å². The number of benzene rings is 2. The number of nitrogens with one attached hydrogen (secondary N) is 1. The van der Waals surface area contributed by atoms with Gasteiger partial charge in [-0.1, -0.05) is 18.2 Å². The monoisotopic (exact) mass is 342 g/mol. The number of nitrogens with zero attached hydrogens (tertiary/aromatic N) is 1. The van der Waals surface area contributed by atoms with Gasteiger partial charge >= 0.3 is 0 Å². The molecule has 1 heterocycles. The van der Waals surface area contributed by atoms with Gasteiger partial charge in [0.25, 0.3) is 0 Å². The second-order valence-corrected chi connectivity index (χ2v) is 5.61. The molecule has 25 heavy (non-hydrogen) atoms. The lowest BCUT2D eigenvalue weighted by Gasteiger charge is -2.06. The molecule has 0 unspecified atom stereocenters. The summed E-state index contributed by atoms with van der Waals surface area (Å²) in [6, 6.07) is 13.6. The molecule has 0 spiro atoms. The van der Waals surface area contributed by atoms with Crippen LogP contribution in [0.4, 0.5) is 4.39 Å². The van der Waals surface area contributed by atoms with Gasteiger partial charge in [-0.05, 0) is 42.8 Å². The van der Waals surface area contributed by atoms with Crippen LogP contribution in [0.5, 0.6) is 5.75 Å². The Hall–Kier alpha value is -2.70. The standard InChI is InChI=1S/C19H19FN2O3/c1-13-18(22-19(25-13)15-3-2-4-16(20)11-15)9-10-24-17-7-5-14(6-8-17)12-21-23/h2-8,11,21,23H,9-10,12H2,1H3. The Bertz CT molecular complexity index is 831. The molecule has 0 radical (unpaired) electrons. The highest BCUT2D eigenvalue weighted by Crippen LogP contribution is 2.23. The van der Waals surface area contributed by atoms with Crippen LogP contribution in [-0.4, -0.2) is 16.8 Å². The van der Waals surface area contributed by atoms with Gasteiger partial charge < -0.3 is 14.4 Å². The minimum Gasteiger partial charge on any atom is -0.493 e. The quantitative estimate of drug-likeness (QED) is 0.638. The third-order valence-electron chi connectivity index (χ3n) is 3.78. The van der Waals surface area contributed by atoms with Crippen molar-refractivity contribution in [2.45, 2.75) is 19.9 Å². The maximum atomic E-state index is 13.3. The molecule has 0 fully saturated rings. The van der Waals surface area contributed by atoms with E-state index in [-0.39, 0.29) is 5.82 Å². The van der Waals surface area contributed by atoms with Crippen LogP contribution in [0.15, 0.2) is 52.9 Å². The maximum Gasteiger partial charge on any atom is 0.226 e. The first-order chi connectivity index (χ1) is 12.2. The molecule has 0 saturated carbocycles. The summed E-state index contributed by atoms with van der Waals surface area (Å²) in [7, 11) is 0. The molecule has 6 heteroatoms. The molecule has 0 atom stereocenters. The Kier molecular flexibility index (Phi) is 5.42. The topological polar surface area (TPSA) is 67.5 Å². The van der Waals surface area contributed by atoms with Gasteiger partial charge in [0.2, 0.25) is 5.89 Å². The van der Waals surface area contributed by atoms with Crippen molar-refractivity contribution in [3.05, 3.63) is 71.4 Å². The van der Waals surface area contributed by atoms with Crippen LogP contribution in [0, 0.1) is 12.7 Å². The van der Waals surface area contributed by atoms with Crippen LogP contribution in [-0.2, 0) is 13.0 Å². The van der Waals surface area contributed by atoms with E-state index >= 15 is 0 Å². The number of aryl methyl sites for hydroxylation is 1. The fraction of sp³-hybridized carbons (Fsp3) is 0.211. The van der Waals surface area contributed by atoms with Crippen molar-refractivity contribution >= 4 is 0 Å². The van der Waals surface area contributed by atoms with Gasteiger partial charge in [0, 0.05) is 18.5 Å². The van der Waals surface area contributed by atoms with Crippen molar-refractivity contribution < 1.29 is 18.8 Å². The van der Waals surface area contributed by atoms with E-state index < -0.39 is 0 Å². The van der Waals surface area contributed by atoms with Gasteiger partial charge in [-0.25, -0.2) is 14.9 Å². The van der Waals surface area contributed by atoms with E-state index in [1.165, 1.54) is 12.1 Å². The molecule has 0 bridgehead atoms. The van der Waals surface area contributed by atoms with Gasteiger partial charge in [-0.3, -0.25) is 0 Å². The summed E-state index contributed by atoms with van der Waals surface area (Å²) in [5.41, 5.74) is 4.48. The molecule has 0 saturated heterocycles. The first-order valence-electron chi connectivity index (χ1n) is 7.96. The third kappa shape index (κ3) is 4.43. The van der Waals surface area contributed by atoms with Gasteiger partial charge in [0.1, 0.15) is 17.3 Å². The van der Waals surface area contributed by atoms with Crippen LogP contribution >= 0.6 is 0 Å². The molecule has 0 aliphatic rings. The van der Waals surface area contributed by atoms with Gasteiger partial charge in [-0.15, -0.1) is 0 Å². The average Bonchev–Trinajstić information content (AvgIpc) is 2.98. The molecule has 0 aliphatic heterocycles. The third-order valence-corrected chi connectivity index (χ3v) is 3.78. The normalized spacial score (nSPS) is 10.8. The zero-order valence-corrected chi connectivity index (χ0v) is 13.8. The zero-order chi connectivity index (χ0) is 17.6. The number of hydrogen-bond donors (Lipinski definition) is 2. The summed E-state index contributed by atoms with van der Waals surface area (Å²) < 4.78 is 24.7. The van der Waals surface area contributed by atoms with E-state index in [0.29, 0.717) is 36.8 Å². The molecule has 1 aromatic heterocycles. The van der Waals surface area contributed by atoms with Gasteiger partial charge in [0.05, 0.1) is 12.3 Å². The summed E-state index contributed by atoms with van der Waals surface area (Å²) in [4.78, 5) is 4.44. The minimum atomic E-state index is -0.321. The lowest BCUT2D eigenvalue weighted by Crippen LogP contribution is -2.06. The lowest BCUT2D eigenvalue weighted by atomic mass is 10.2. The van der Waals surface area contributed by atoms with Crippen LogP contribution in [0.2, 0.25) is 0 Å². The second kappa shape index (κ2) is 7.92. The molecule has 130 valence electrons. The van der Waals surface area contributed by atoms with Crippen LogP contribution < -0.4 is 10.2 Å². The Morgan fingerprint density at radius 2 is 2.00 bits per heavy atom. The Morgan fingerprint density at radius 1 is 1.20 bits per heavy atom. The molecule has 5 nitrogen and oxygen atoms in total. The summed E-state index contributed by atoms with van der Waals surface area (Å²) in [5.74, 6) is 1.53. The molecule has 2 aromatic carbocycles. The fourth-order valence-electron chi connectivity index (χ4n) is 2.47. The largest absolute Gasteiger partial charge is 0.493 e. The number of hydroxylamine groups is 1. The minimum absolute atomic E-state index is 0.321. The summed E-state index contributed by atoms with van der Waals surface area (Å²) in [5, 5.41) is 8.66. The number of aromatic nitrogens is 1. The summed E-state index contributed by atoms with van der Waals surface area (Å²) >= 11 is 0. The molecule has 0 amide bonds. The van der Waals surface area contributed by atoms with Crippen LogP contribution in [0.25, 0.3) is 11.5 Å². The number of oxazole rings is 1. The van der Waals surface area contributed by atoms with E-state index in [4.69, 9.17) is 14.4 Å². The van der Waals surface area contributed by atoms with Crippen molar-refractivity contribution in [1.82, 2.24) is 10.5 Å². The Balaban J connectivity index is 1.60. The average molecular weight is 342 g/mol. The van der Waals surface area contributed by atoms with Crippen LogP contribution in [0.1, 0.15) is 17.0 Å². The van der Waals surface area contributed by atoms with Gasteiger partial charge in [0.15, 0.2) is 0 Å². The summed E-state index contributed by atoms with van der Waals surface area (Å²) in [6.45, 7) is 2.68. The smallest absolute Gasteiger partial charge is 0.226 e. The Morgan fingerprint density at radius 3 is 2.72 bits per heavy atom. The first kappa shape index (κ1) is 17.1. The Labute approximate surface area is 145 Å². The van der Waals surface area contributed by atoms with Gasteiger partial charge in [-0.2, -0.15) is 0 Å².